The largest absolute Gasteiger partial charge is 0.417 e. The molecule has 0 aliphatic heterocycles. The fourth-order valence-electron chi connectivity index (χ4n) is 1.15. The molecule has 19 heavy (non-hydrogen) atoms. The highest BCUT2D eigenvalue weighted by molar-refractivity contribution is 14.1. The predicted molar refractivity (Wildman–Crippen MR) is 62.2 cm³/mol. The number of hydrogen-bond acceptors (Lipinski definition) is 2. The quantitative estimate of drug-likeness (QED) is 0.373. The van der Waals surface area contributed by atoms with Crippen molar-refractivity contribution in [2.45, 2.75) is 17.2 Å². The van der Waals surface area contributed by atoms with E-state index in [1.807, 2.05) is 0 Å². The maximum atomic E-state index is 12.6. The van der Waals surface area contributed by atoms with Gasteiger partial charge >= 0.3 is 12.4 Å². The van der Waals surface area contributed by atoms with Crippen LogP contribution in [0.15, 0.2) is 17.0 Å². The number of halogens is 8. The smallest absolute Gasteiger partial charge is 0.207 e. The molecule has 0 bridgehead atoms. The third-order valence-corrected chi connectivity index (χ3v) is 4.81. The minimum atomic E-state index is -5.13. The van der Waals surface area contributed by atoms with Crippen LogP contribution in [0, 0.1) is 3.57 Å². The zero-order valence-electron chi connectivity index (χ0n) is 8.40. The Morgan fingerprint density at radius 3 is 1.79 bits per heavy atom. The van der Waals surface area contributed by atoms with E-state index in [4.69, 9.17) is 10.7 Å². The molecule has 0 fully saturated rings. The summed E-state index contributed by atoms with van der Waals surface area (Å²) in [4.78, 5) is -1.23. The summed E-state index contributed by atoms with van der Waals surface area (Å²) in [6, 6.07) is -0.0906. The topological polar surface area (TPSA) is 34.1 Å². The van der Waals surface area contributed by atoms with Crippen LogP contribution in [-0.2, 0) is 21.4 Å². The Morgan fingerprint density at radius 2 is 1.47 bits per heavy atom. The molecular weight excluding hydrogens is 436 g/mol. The van der Waals surface area contributed by atoms with Crippen LogP contribution in [-0.4, -0.2) is 8.42 Å². The molecule has 0 N–H and O–H groups in total. The Balaban J connectivity index is 3.78. The van der Waals surface area contributed by atoms with Crippen LogP contribution >= 0.6 is 33.3 Å². The summed E-state index contributed by atoms with van der Waals surface area (Å²) in [5.41, 5.74) is -3.44. The van der Waals surface area contributed by atoms with Crippen LogP contribution < -0.4 is 0 Å². The van der Waals surface area contributed by atoms with E-state index in [0.717, 1.165) is 22.6 Å². The van der Waals surface area contributed by atoms with Crippen LogP contribution in [0.5, 0.6) is 0 Å². The van der Waals surface area contributed by atoms with Gasteiger partial charge in [0.05, 0.1) is 16.0 Å². The lowest BCUT2D eigenvalue weighted by Crippen LogP contribution is -2.15. The molecule has 0 heterocycles. The zero-order chi connectivity index (χ0) is 15.2. The van der Waals surface area contributed by atoms with E-state index in [1.165, 1.54) is 0 Å². The van der Waals surface area contributed by atoms with Gasteiger partial charge in [-0.25, -0.2) is 8.42 Å². The van der Waals surface area contributed by atoms with Crippen LogP contribution in [0.25, 0.3) is 0 Å². The van der Waals surface area contributed by atoms with Crippen molar-refractivity contribution < 1.29 is 34.8 Å². The van der Waals surface area contributed by atoms with Gasteiger partial charge in [-0.05, 0) is 34.7 Å². The summed E-state index contributed by atoms with van der Waals surface area (Å²) in [6.45, 7) is 0. The third kappa shape index (κ3) is 3.88. The molecule has 0 spiro atoms. The molecule has 0 atom stereocenters. The van der Waals surface area contributed by atoms with Gasteiger partial charge in [-0.2, -0.15) is 26.3 Å². The van der Waals surface area contributed by atoms with Crippen molar-refractivity contribution in [1.29, 1.82) is 0 Å². The summed E-state index contributed by atoms with van der Waals surface area (Å²) in [5.74, 6) is 0. The van der Waals surface area contributed by atoms with Gasteiger partial charge in [0.2, 0.25) is 0 Å². The first-order chi connectivity index (χ1) is 8.24. The molecule has 1 aromatic rings. The number of hydrogen-bond donors (Lipinski definition) is 0. The molecule has 0 saturated carbocycles. The van der Waals surface area contributed by atoms with Crippen molar-refractivity contribution >= 4 is 42.3 Å². The Labute approximate surface area is 121 Å². The van der Waals surface area contributed by atoms with Crippen molar-refractivity contribution in [3.05, 3.63) is 26.8 Å². The lowest BCUT2D eigenvalue weighted by molar-refractivity contribution is -0.143. The minimum absolute atomic E-state index is 0.0688. The van der Waals surface area contributed by atoms with E-state index in [9.17, 15) is 34.8 Å². The summed E-state index contributed by atoms with van der Waals surface area (Å²) in [6.07, 6.45) is -10.3. The van der Waals surface area contributed by atoms with E-state index in [-0.39, 0.29) is 12.1 Å². The molecule has 0 saturated heterocycles. The summed E-state index contributed by atoms with van der Waals surface area (Å²) >= 11 is 0.985. The Morgan fingerprint density at radius 1 is 1.00 bits per heavy atom. The summed E-state index contributed by atoms with van der Waals surface area (Å²) < 4.78 is 96.2. The van der Waals surface area contributed by atoms with Crippen molar-refractivity contribution in [1.82, 2.24) is 0 Å². The molecule has 0 aromatic heterocycles. The number of alkyl halides is 6. The zero-order valence-corrected chi connectivity index (χ0v) is 12.1. The van der Waals surface area contributed by atoms with Crippen molar-refractivity contribution in [2.75, 3.05) is 0 Å². The minimum Gasteiger partial charge on any atom is -0.207 e. The molecule has 0 unspecified atom stereocenters. The SMILES string of the molecule is O=S(=O)(Cl)c1cc(C(F)(F)F)cc(C(F)(F)F)c1I. The molecular formula is C8H2ClF6IO2S. The van der Waals surface area contributed by atoms with E-state index >= 15 is 0 Å². The summed E-state index contributed by atoms with van der Waals surface area (Å²) in [5, 5.41) is 0. The van der Waals surface area contributed by atoms with Crippen LogP contribution in [0.3, 0.4) is 0 Å². The predicted octanol–water partition coefficient (Wildman–Crippen LogP) is 4.26. The van der Waals surface area contributed by atoms with Crippen LogP contribution in [0.4, 0.5) is 26.3 Å². The van der Waals surface area contributed by atoms with E-state index < -0.39 is 41.0 Å². The monoisotopic (exact) mass is 438 g/mol. The molecule has 0 aliphatic rings. The third-order valence-electron chi connectivity index (χ3n) is 1.93. The average molecular weight is 439 g/mol. The fourth-order valence-corrected chi connectivity index (χ4v) is 3.98. The highest BCUT2D eigenvalue weighted by Gasteiger charge is 2.40. The van der Waals surface area contributed by atoms with Crippen molar-refractivity contribution in [3.63, 3.8) is 0 Å². The average Bonchev–Trinajstić information content (AvgIpc) is 2.11. The molecule has 0 radical (unpaired) electrons. The Kier molecular flexibility index (Phi) is 4.38. The van der Waals surface area contributed by atoms with E-state index in [2.05, 4.69) is 0 Å². The van der Waals surface area contributed by atoms with Crippen molar-refractivity contribution in [3.8, 4) is 0 Å². The molecule has 1 rings (SSSR count). The van der Waals surface area contributed by atoms with Gasteiger partial charge in [0.15, 0.2) is 0 Å². The second-order valence-electron chi connectivity index (χ2n) is 3.27. The van der Waals surface area contributed by atoms with Gasteiger partial charge < -0.3 is 0 Å². The first-order valence-corrected chi connectivity index (χ1v) is 7.56. The van der Waals surface area contributed by atoms with Gasteiger partial charge in [-0.3, -0.25) is 0 Å². The first-order valence-electron chi connectivity index (χ1n) is 4.17. The van der Waals surface area contributed by atoms with E-state index in [1.54, 1.807) is 0 Å². The normalized spacial score (nSPS) is 13.7. The standard InChI is InChI=1S/C8H2ClF6IO2S/c9-19(17,18)5-2-3(7(10,11)12)1-4(6(5)16)8(13,14)15/h1-2H. The summed E-state index contributed by atoms with van der Waals surface area (Å²) in [7, 11) is 0.106. The van der Waals surface area contributed by atoms with Gasteiger partial charge in [0.1, 0.15) is 0 Å². The highest BCUT2D eigenvalue weighted by atomic mass is 127. The van der Waals surface area contributed by atoms with Crippen molar-refractivity contribution in [2.24, 2.45) is 0 Å². The molecule has 11 heteroatoms. The maximum Gasteiger partial charge on any atom is 0.417 e. The lowest BCUT2D eigenvalue weighted by atomic mass is 10.1. The maximum absolute atomic E-state index is 12.6. The van der Waals surface area contributed by atoms with Gasteiger partial charge in [0.25, 0.3) is 9.05 Å². The Hall–Kier alpha value is -0.230. The van der Waals surface area contributed by atoms with Crippen LogP contribution in [0.1, 0.15) is 11.1 Å². The highest BCUT2D eigenvalue weighted by Crippen LogP contribution is 2.41. The van der Waals surface area contributed by atoms with Gasteiger partial charge in [0, 0.05) is 14.3 Å². The first kappa shape index (κ1) is 16.8. The fraction of sp³-hybridized carbons (Fsp3) is 0.250. The molecule has 0 aliphatic carbocycles. The van der Waals surface area contributed by atoms with Gasteiger partial charge in [-0.15, -0.1) is 0 Å². The second kappa shape index (κ2) is 4.95. The lowest BCUT2D eigenvalue weighted by Gasteiger charge is -2.15. The number of rotatable bonds is 1. The molecule has 108 valence electrons. The molecule has 0 amide bonds. The number of benzene rings is 1. The van der Waals surface area contributed by atoms with E-state index in [0.29, 0.717) is 0 Å². The van der Waals surface area contributed by atoms with Gasteiger partial charge in [-0.1, -0.05) is 0 Å². The molecule has 1 aromatic carbocycles. The van der Waals surface area contributed by atoms with Crippen LogP contribution in [0.2, 0.25) is 0 Å². The second-order valence-corrected chi connectivity index (χ2v) is 6.88. The molecule has 2 nitrogen and oxygen atoms in total. The Bertz CT molecular complexity index is 607.